The first kappa shape index (κ1) is 11.7. The maximum absolute atomic E-state index is 11.8. The van der Waals surface area contributed by atoms with Crippen molar-refractivity contribution in [1.82, 2.24) is 4.98 Å². The SMILES string of the molecule is Cc1nc(CC(=O)CC2CCCO2)sc1C. The Balaban J connectivity index is 1.86. The lowest BCUT2D eigenvalue weighted by Crippen LogP contribution is -2.14. The number of carbonyl (C=O) groups excluding carboxylic acids is 1. The van der Waals surface area contributed by atoms with Gasteiger partial charge in [-0.25, -0.2) is 4.98 Å². The van der Waals surface area contributed by atoms with Crippen molar-refractivity contribution in [2.45, 2.75) is 45.6 Å². The monoisotopic (exact) mass is 239 g/mol. The van der Waals surface area contributed by atoms with Gasteiger partial charge in [0, 0.05) is 17.9 Å². The Hall–Kier alpha value is -0.740. The first-order valence-corrected chi connectivity index (χ1v) is 6.53. The van der Waals surface area contributed by atoms with Crippen LogP contribution in [0.5, 0.6) is 0 Å². The molecule has 1 fully saturated rings. The standard InChI is InChI=1S/C12H17NO2S/c1-8-9(2)16-12(13-8)7-10(14)6-11-4-3-5-15-11/h11H,3-7H2,1-2H3. The zero-order chi connectivity index (χ0) is 11.5. The van der Waals surface area contributed by atoms with Crippen molar-refractivity contribution in [2.75, 3.05) is 6.61 Å². The minimum Gasteiger partial charge on any atom is -0.378 e. The normalized spacial score (nSPS) is 20.2. The van der Waals surface area contributed by atoms with Crippen LogP contribution in [0.4, 0.5) is 0 Å². The molecular formula is C12H17NO2S. The van der Waals surface area contributed by atoms with Crippen molar-refractivity contribution in [3.8, 4) is 0 Å². The molecule has 1 unspecified atom stereocenters. The van der Waals surface area contributed by atoms with Crippen LogP contribution in [0.25, 0.3) is 0 Å². The minimum absolute atomic E-state index is 0.162. The summed E-state index contributed by atoms with van der Waals surface area (Å²) in [5.41, 5.74) is 1.05. The number of carbonyl (C=O) groups is 1. The fourth-order valence-corrected chi connectivity index (χ4v) is 2.88. The third kappa shape index (κ3) is 2.89. The van der Waals surface area contributed by atoms with Crippen molar-refractivity contribution < 1.29 is 9.53 Å². The average molecular weight is 239 g/mol. The van der Waals surface area contributed by atoms with E-state index in [4.69, 9.17) is 4.74 Å². The van der Waals surface area contributed by atoms with Crippen LogP contribution in [0.1, 0.15) is 34.8 Å². The Morgan fingerprint density at radius 3 is 2.94 bits per heavy atom. The third-order valence-corrected chi connectivity index (χ3v) is 3.97. The fraction of sp³-hybridized carbons (Fsp3) is 0.667. The van der Waals surface area contributed by atoms with Crippen LogP contribution in [0.3, 0.4) is 0 Å². The van der Waals surface area contributed by atoms with Crippen LogP contribution in [0, 0.1) is 13.8 Å². The highest BCUT2D eigenvalue weighted by Crippen LogP contribution is 2.20. The van der Waals surface area contributed by atoms with Gasteiger partial charge in [-0.3, -0.25) is 4.79 Å². The Labute approximate surface area is 99.8 Å². The fourth-order valence-electron chi connectivity index (χ4n) is 1.91. The maximum atomic E-state index is 11.8. The highest BCUT2D eigenvalue weighted by atomic mass is 32.1. The Kier molecular flexibility index (Phi) is 3.71. The molecule has 1 aromatic rings. The molecule has 0 radical (unpaired) electrons. The lowest BCUT2D eigenvalue weighted by Gasteiger charge is -2.06. The van der Waals surface area contributed by atoms with E-state index >= 15 is 0 Å². The van der Waals surface area contributed by atoms with Crippen LogP contribution in [0.2, 0.25) is 0 Å². The molecule has 2 heterocycles. The van der Waals surface area contributed by atoms with Crippen LogP contribution in [-0.2, 0) is 16.0 Å². The van der Waals surface area contributed by atoms with Gasteiger partial charge in [-0.2, -0.15) is 0 Å². The average Bonchev–Trinajstić information content (AvgIpc) is 2.78. The van der Waals surface area contributed by atoms with Gasteiger partial charge in [-0.1, -0.05) is 0 Å². The molecule has 1 aliphatic heterocycles. The van der Waals surface area contributed by atoms with Gasteiger partial charge in [-0.05, 0) is 26.7 Å². The molecule has 16 heavy (non-hydrogen) atoms. The van der Waals surface area contributed by atoms with Gasteiger partial charge in [0.2, 0.25) is 0 Å². The molecule has 0 N–H and O–H groups in total. The minimum atomic E-state index is 0.162. The van der Waals surface area contributed by atoms with Crippen LogP contribution >= 0.6 is 11.3 Å². The molecular weight excluding hydrogens is 222 g/mol. The van der Waals surface area contributed by atoms with Gasteiger partial charge in [-0.15, -0.1) is 11.3 Å². The molecule has 1 saturated heterocycles. The van der Waals surface area contributed by atoms with E-state index in [-0.39, 0.29) is 11.9 Å². The number of aromatic nitrogens is 1. The summed E-state index contributed by atoms with van der Waals surface area (Å²) in [6.07, 6.45) is 3.31. The number of rotatable bonds is 4. The predicted octanol–water partition coefficient (Wildman–Crippen LogP) is 2.44. The number of hydrogen-bond acceptors (Lipinski definition) is 4. The zero-order valence-electron chi connectivity index (χ0n) is 9.78. The second kappa shape index (κ2) is 5.06. The highest BCUT2D eigenvalue weighted by Gasteiger charge is 2.19. The smallest absolute Gasteiger partial charge is 0.142 e. The molecule has 88 valence electrons. The predicted molar refractivity (Wildman–Crippen MR) is 63.9 cm³/mol. The van der Waals surface area contributed by atoms with Gasteiger partial charge in [0.1, 0.15) is 10.8 Å². The summed E-state index contributed by atoms with van der Waals surface area (Å²) in [5.74, 6) is 0.251. The molecule has 0 saturated carbocycles. The number of Topliss-reactive ketones (excluding diaryl/α,β-unsaturated/α-hetero) is 1. The molecule has 0 aliphatic carbocycles. The summed E-state index contributed by atoms with van der Waals surface area (Å²) in [6, 6.07) is 0. The molecule has 1 aromatic heterocycles. The molecule has 0 amide bonds. The van der Waals surface area contributed by atoms with Crippen molar-refractivity contribution in [3.05, 3.63) is 15.6 Å². The van der Waals surface area contributed by atoms with Gasteiger partial charge in [0.15, 0.2) is 0 Å². The van der Waals surface area contributed by atoms with Gasteiger partial charge < -0.3 is 4.74 Å². The second-order valence-electron chi connectivity index (χ2n) is 4.30. The highest BCUT2D eigenvalue weighted by molar-refractivity contribution is 7.11. The molecule has 1 aliphatic rings. The summed E-state index contributed by atoms with van der Waals surface area (Å²) in [7, 11) is 0. The molecule has 4 heteroatoms. The molecule has 0 bridgehead atoms. The van der Waals surface area contributed by atoms with Gasteiger partial charge >= 0.3 is 0 Å². The number of nitrogens with zero attached hydrogens (tertiary/aromatic N) is 1. The van der Waals surface area contributed by atoms with E-state index in [1.807, 2.05) is 13.8 Å². The van der Waals surface area contributed by atoms with E-state index in [9.17, 15) is 4.79 Å². The van der Waals surface area contributed by atoms with E-state index < -0.39 is 0 Å². The summed E-state index contributed by atoms with van der Waals surface area (Å²) >= 11 is 1.63. The lowest BCUT2D eigenvalue weighted by molar-refractivity contribution is -0.120. The number of thiazole rings is 1. The van der Waals surface area contributed by atoms with Crippen molar-refractivity contribution in [1.29, 1.82) is 0 Å². The van der Waals surface area contributed by atoms with E-state index in [2.05, 4.69) is 4.98 Å². The number of hydrogen-bond donors (Lipinski definition) is 0. The first-order valence-electron chi connectivity index (χ1n) is 5.71. The topological polar surface area (TPSA) is 39.2 Å². The quantitative estimate of drug-likeness (QED) is 0.810. The third-order valence-electron chi connectivity index (χ3n) is 2.90. The first-order chi connectivity index (χ1) is 7.65. The molecule has 0 spiro atoms. The van der Waals surface area contributed by atoms with Crippen molar-refractivity contribution in [3.63, 3.8) is 0 Å². The summed E-state index contributed by atoms with van der Waals surface area (Å²) < 4.78 is 5.45. The largest absolute Gasteiger partial charge is 0.378 e. The Morgan fingerprint density at radius 1 is 1.56 bits per heavy atom. The lowest BCUT2D eigenvalue weighted by atomic mass is 10.1. The van der Waals surface area contributed by atoms with E-state index in [0.29, 0.717) is 12.8 Å². The van der Waals surface area contributed by atoms with Gasteiger partial charge in [0.05, 0.1) is 18.2 Å². The van der Waals surface area contributed by atoms with Crippen molar-refractivity contribution >= 4 is 17.1 Å². The summed E-state index contributed by atoms with van der Waals surface area (Å²) in [4.78, 5) is 17.4. The van der Waals surface area contributed by atoms with Crippen LogP contribution in [0.15, 0.2) is 0 Å². The Morgan fingerprint density at radius 2 is 2.38 bits per heavy atom. The van der Waals surface area contributed by atoms with Crippen molar-refractivity contribution in [2.24, 2.45) is 0 Å². The zero-order valence-corrected chi connectivity index (χ0v) is 10.6. The van der Waals surface area contributed by atoms with Crippen LogP contribution < -0.4 is 0 Å². The maximum Gasteiger partial charge on any atom is 0.142 e. The molecule has 1 atom stereocenters. The number of aryl methyl sites for hydroxylation is 2. The summed E-state index contributed by atoms with van der Waals surface area (Å²) in [5, 5.41) is 0.943. The number of ketones is 1. The van der Waals surface area contributed by atoms with E-state index in [0.717, 1.165) is 30.2 Å². The summed E-state index contributed by atoms with van der Waals surface area (Å²) in [6.45, 7) is 4.84. The van der Waals surface area contributed by atoms with E-state index in [1.165, 1.54) is 4.88 Å². The van der Waals surface area contributed by atoms with E-state index in [1.54, 1.807) is 11.3 Å². The van der Waals surface area contributed by atoms with Crippen LogP contribution in [-0.4, -0.2) is 23.5 Å². The van der Waals surface area contributed by atoms with Gasteiger partial charge in [0.25, 0.3) is 0 Å². The molecule has 0 aromatic carbocycles. The second-order valence-corrected chi connectivity index (χ2v) is 5.59. The molecule has 2 rings (SSSR count). The number of ether oxygens (including phenoxy) is 1. The molecule has 3 nitrogen and oxygen atoms in total. The Bertz CT molecular complexity index is 361.